The van der Waals surface area contributed by atoms with Gasteiger partial charge in [-0.2, -0.15) is 0 Å². The highest BCUT2D eigenvalue weighted by Gasteiger charge is 2.23. The molecular weight excluding hydrogens is 198 g/mol. The van der Waals surface area contributed by atoms with Crippen molar-refractivity contribution in [2.45, 2.75) is 25.0 Å². The van der Waals surface area contributed by atoms with Gasteiger partial charge in [0.1, 0.15) is 0 Å². The molecule has 0 aromatic heterocycles. The van der Waals surface area contributed by atoms with E-state index >= 15 is 0 Å². The minimum Gasteiger partial charge on any atom is -0.391 e. The molecule has 2 nitrogen and oxygen atoms in total. The van der Waals surface area contributed by atoms with Crippen LogP contribution in [0.25, 0.3) is 0 Å². The van der Waals surface area contributed by atoms with E-state index in [-0.39, 0.29) is 12.1 Å². The zero-order chi connectivity index (χ0) is 9.97. The number of hydrogen-bond donors (Lipinski definition) is 2. The monoisotopic (exact) mass is 211 g/mol. The third kappa shape index (κ3) is 2.08. The molecule has 2 atom stereocenters. The van der Waals surface area contributed by atoms with E-state index in [0.29, 0.717) is 0 Å². The van der Waals surface area contributed by atoms with Crippen molar-refractivity contribution in [1.29, 1.82) is 0 Å². The van der Waals surface area contributed by atoms with Gasteiger partial charge in [0.2, 0.25) is 0 Å². The Balaban J connectivity index is 2.20. The number of benzene rings is 1. The zero-order valence-corrected chi connectivity index (χ0v) is 8.67. The second kappa shape index (κ2) is 4.30. The molecule has 0 spiro atoms. The highest BCUT2D eigenvalue weighted by Crippen LogP contribution is 2.25. The molecule has 3 heteroatoms. The fraction of sp³-hybridized carbons (Fsp3) is 0.455. The highest BCUT2D eigenvalue weighted by atomic mass is 35.5. The van der Waals surface area contributed by atoms with Crippen LogP contribution in [0.1, 0.15) is 24.4 Å². The molecule has 2 N–H and O–H groups in total. The van der Waals surface area contributed by atoms with Crippen LogP contribution in [-0.4, -0.2) is 17.8 Å². The van der Waals surface area contributed by atoms with E-state index in [1.807, 2.05) is 24.3 Å². The van der Waals surface area contributed by atoms with E-state index in [9.17, 15) is 5.11 Å². The third-order valence-corrected chi connectivity index (χ3v) is 2.87. The Bertz CT molecular complexity index is 316. The minimum atomic E-state index is -0.290. The van der Waals surface area contributed by atoms with E-state index < -0.39 is 0 Å². The van der Waals surface area contributed by atoms with Gasteiger partial charge in [-0.1, -0.05) is 23.7 Å². The molecule has 76 valence electrons. The first-order chi connectivity index (χ1) is 6.77. The number of rotatable bonds is 1. The summed E-state index contributed by atoms with van der Waals surface area (Å²) in [6.45, 7) is 0.967. The van der Waals surface area contributed by atoms with Crippen LogP contribution >= 0.6 is 11.6 Å². The second-order valence-corrected chi connectivity index (χ2v) is 4.13. The highest BCUT2D eigenvalue weighted by molar-refractivity contribution is 6.30. The maximum atomic E-state index is 9.81. The first-order valence-electron chi connectivity index (χ1n) is 4.94. The summed E-state index contributed by atoms with van der Waals surface area (Å²) in [6, 6.07) is 7.72. The Morgan fingerprint density at radius 3 is 3.00 bits per heavy atom. The van der Waals surface area contributed by atoms with Gasteiger partial charge in [0.25, 0.3) is 0 Å². The maximum absolute atomic E-state index is 9.81. The summed E-state index contributed by atoms with van der Waals surface area (Å²) in [5.74, 6) is 0. The minimum absolute atomic E-state index is 0.0439. The van der Waals surface area contributed by atoms with Crippen molar-refractivity contribution >= 4 is 11.6 Å². The standard InChI is InChI=1S/C11H14ClNO/c12-9-4-1-3-8(7-9)11-10(14)5-2-6-13-11/h1,3-4,7,10-11,13-14H,2,5-6H2. The van der Waals surface area contributed by atoms with Gasteiger partial charge < -0.3 is 10.4 Å². The van der Waals surface area contributed by atoms with Crippen LogP contribution in [0.15, 0.2) is 24.3 Å². The van der Waals surface area contributed by atoms with Gasteiger partial charge in [-0.25, -0.2) is 0 Å². The van der Waals surface area contributed by atoms with E-state index in [0.717, 1.165) is 30.0 Å². The average Bonchev–Trinajstić information content (AvgIpc) is 2.18. The van der Waals surface area contributed by atoms with E-state index in [4.69, 9.17) is 11.6 Å². The van der Waals surface area contributed by atoms with Crippen molar-refractivity contribution in [3.8, 4) is 0 Å². The molecule has 0 aliphatic carbocycles. The number of aliphatic hydroxyl groups is 1. The fourth-order valence-corrected chi connectivity index (χ4v) is 2.11. The Kier molecular flexibility index (Phi) is 3.06. The second-order valence-electron chi connectivity index (χ2n) is 3.70. The van der Waals surface area contributed by atoms with Gasteiger partial charge >= 0.3 is 0 Å². The Morgan fingerprint density at radius 1 is 1.43 bits per heavy atom. The van der Waals surface area contributed by atoms with Crippen LogP contribution in [0.3, 0.4) is 0 Å². The molecule has 0 saturated carbocycles. The quantitative estimate of drug-likeness (QED) is 0.746. The lowest BCUT2D eigenvalue weighted by atomic mass is 9.95. The van der Waals surface area contributed by atoms with Gasteiger partial charge in [0.05, 0.1) is 12.1 Å². The van der Waals surface area contributed by atoms with Gasteiger partial charge in [-0.3, -0.25) is 0 Å². The number of piperidine rings is 1. The Hall–Kier alpha value is -0.570. The smallest absolute Gasteiger partial charge is 0.0735 e. The maximum Gasteiger partial charge on any atom is 0.0735 e. The van der Waals surface area contributed by atoms with Crippen LogP contribution in [0.4, 0.5) is 0 Å². The molecule has 1 aliphatic heterocycles. The molecule has 14 heavy (non-hydrogen) atoms. The number of halogens is 1. The van der Waals surface area contributed by atoms with Crippen LogP contribution in [0, 0.1) is 0 Å². The van der Waals surface area contributed by atoms with Crippen molar-refractivity contribution in [2.24, 2.45) is 0 Å². The third-order valence-electron chi connectivity index (χ3n) is 2.63. The van der Waals surface area contributed by atoms with Crippen LogP contribution in [0.2, 0.25) is 5.02 Å². The molecule has 1 aliphatic rings. The SMILES string of the molecule is OC1CCCNC1c1cccc(Cl)c1. The largest absolute Gasteiger partial charge is 0.391 e. The lowest BCUT2D eigenvalue weighted by Gasteiger charge is -2.29. The molecule has 1 heterocycles. The molecule has 1 aromatic rings. The van der Waals surface area contributed by atoms with Gasteiger partial charge in [-0.15, -0.1) is 0 Å². The summed E-state index contributed by atoms with van der Waals surface area (Å²) >= 11 is 5.90. The molecule has 1 aromatic carbocycles. The topological polar surface area (TPSA) is 32.3 Å². The van der Waals surface area contributed by atoms with Gasteiger partial charge in [0, 0.05) is 5.02 Å². The predicted molar refractivity (Wildman–Crippen MR) is 57.4 cm³/mol. The van der Waals surface area contributed by atoms with E-state index in [1.165, 1.54) is 0 Å². The Labute approximate surface area is 88.9 Å². The molecular formula is C11H14ClNO. The normalized spacial score (nSPS) is 27.6. The van der Waals surface area contributed by atoms with Crippen molar-refractivity contribution in [3.63, 3.8) is 0 Å². The molecule has 2 unspecified atom stereocenters. The molecule has 1 fully saturated rings. The number of nitrogens with one attached hydrogen (secondary N) is 1. The van der Waals surface area contributed by atoms with Gasteiger partial charge in [-0.05, 0) is 37.1 Å². The van der Waals surface area contributed by atoms with Gasteiger partial charge in [0.15, 0.2) is 0 Å². The summed E-state index contributed by atoms with van der Waals surface area (Å²) in [7, 11) is 0. The van der Waals surface area contributed by atoms with Crippen LogP contribution < -0.4 is 5.32 Å². The fourth-order valence-electron chi connectivity index (χ4n) is 1.91. The summed E-state index contributed by atoms with van der Waals surface area (Å²) in [4.78, 5) is 0. The lowest BCUT2D eigenvalue weighted by molar-refractivity contribution is 0.0965. The van der Waals surface area contributed by atoms with Crippen molar-refractivity contribution in [2.75, 3.05) is 6.54 Å². The lowest BCUT2D eigenvalue weighted by Crippen LogP contribution is -2.37. The predicted octanol–water partition coefficient (Wildman–Crippen LogP) is 2.13. The molecule has 1 saturated heterocycles. The zero-order valence-electron chi connectivity index (χ0n) is 7.91. The van der Waals surface area contributed by atoms with E-state index in [1.54, 1.807) is 0 Å². The summed E-state index contributed by atoms with van der Waals surface area (Å²) in [5, 5.41) is 13.8. The molecule has 0 amide bonds. The molecule has 0 bridgehead atoms. The Morgan fingerprint density at radius 2 is 2.29 bits per heavy atom. The average molecular weight is 212 g/mol. The summed E-state index contributed by atoms with van der Waals surface area (Å²) in [6.07, 6.45) is 1.62. The summed E-state index contributed by atoms with van der Waals surface area (Å²) in [5.41, 5.74) is 1.07. The van der Waals surface area contributed by atoms with Crippen LogP contribution in [0.5, 0.6) is 0 Å². The number of aliphatic hydroxyl groups excluding tert-OH is 1. The first-order valence-corrected chi connectivity index (χ1v) is 5.32. The van der Waals surface area contributed by atoms with Crippen molar-refractivity contribution < 1.29 is 5.11 Å². The van der Waals surface area contributed by atoms with E-state index in [2.05, 4.69) is 5.32 Å². The number of hydrogen-bond acceptors (Lipinski definition) is 2. The first kappa shape index (κ1) is 9.97. The summed E-state index contributed by atoms with van der Waals surface area (Å²) < 4.78 is 0. The van der Waals surface area contributed by atoms with Crippen molar-refractivity contribution in [1.82, 2.24) is 5.32 Å². The van der Waals surface area contributed by atoms with Crippen molar-refractivity contribution in [3.05, 3.63) is 34.9 Å². The molecule has 0 radical (unpaired) electrons. The molecule has 2 rings (SSSR count). The van der Waals surface area contributed by atoms with Crippen LogP contribution in [-0.2, 0) is 0 Å².